The van der Waals surface area contributed by atoms with Gasteiger partial charge >= 0.3 is 0 Å². The highest BCUT2D eigenvalue weighted by Crippen LogP contribution is 2.38. The van der Waals surface area contributed by atoms with Gasteiger partial charge in [-0.3, -0.25) is 14.9 Å². The molecule has 4 atom stereocenters. The lowest BCUT2D eigenvalue weighted by molar-refractivity contribution is -0.136. The van der Waals surface area contributed by atoms with Crippen molar-refractivity contribution < 1.29 is 14.7 Å². The standard InChI is InChI=1S/C12H22N4O3S/c1-7(17)9(13)11(19)16-4-2-3-12(6-16)15-8(5-20-12)10(14)18/h7-9,15,17H,2-6,13H2,1H3,(H2,14,18)/t7-,8+,9+,12?/m1/s1. The van der Waals surface area contributed by atoms with Gasteiger partial charge in [-0.05, 0) is 19.8 Å². The number of nitrogens with zero attached hydrogens (tertiary/aromatic N) is 1. The normalized spacial score (nSPS) is 33.1. The second kappa shape index (κ2) is 5.88. The topological polar surface area (TPSA) is 122 Å². The van der Waals surface area contributed by atoms with Gasteiger partial charge in [0.15, 0.2) is 0 Å². The van der Waals surface area contributed by atoms with Crippen LogP contribution in [-0.2, 0) is 9.59 Å². The number of primary amides is 1. The number of carbonyl (C=O) groups excluding carboxylic acids is 2. The van der Waals surface area contributed by atoms with Crippen LogP contribution in [0.3, 0.4) is 0 Å². The van der Waals surface area contributed by atoms with Crippen LogP contribution in [0.15, 0.2) is 0 Å². The van der Waals surface area contributed by atoms with E-state index in [1.807, 2.05) is 0 Å². The van der Waals surface area contributed by atoms with Gasteiger partial charge in [-0.1, -0.05) is 0 Å². The zero-order valence-corrected chi connectivity index (χ0v) is 12.4. The minimum absolute atomic E-state index is 0.246. The van der Waals surface area contributed by atoms with Gasteiger partial charge in [0, 0.05) is 18.8 Å². The first kappa shape index (κ1) is 15.6. The number of rotatable bonds is 3. The third-order valence-corrected chi connectivity index (χ3v) is 5.38. The molecule has 1 spiro atoms. The molecule has 8 heteroatoms. The third kappa shape index (κ3) is 3.08. The number of nitrogens with one attached hydrogen (secondary N) is 1. The molecule has 2 aliphatic rings. The van der Waals surface area contributed by atoms with Crippen molar-refractivity contribution in [1.82, 2.24) is 10.2 Å². The van der Waals surface area contributed by atoms with Gasteiger partial charge in [0.2, 0.25) is 11.8 Å². The van der Waals surface area contributed by atoms with E-state index in [-0.39, 0.29) is 22.7 Å². The molecular weight excluding hydrogens is 280 g/mol. The molecule has 0 aliphatic carbocycles. The monoisotopic (exact) mass is 302 g/mol. The molecule has 0 aromatic heterocycles. The molecule has 0 radical (unpaired) electrons. The molecule has 7 nitrogen and oxygen atoms in total. The fourth-order valence-electron chi connectivity index (χ4n) is 2.66. The number of aliphatic hydroxyl groups is 1. The van der Waals surface area contributed by atoms with Crippen molar-refractivity contribution in [1.29, 1.82) is 0 Å². The minimum Gasteiger partial charge on any atom is -0.391 e. The molecule has 20 heavy (non-hydrogen) atoms. The molecule has 2 amide bonds. The number of aliphatic hydroxyl groups excluding tert-OH is 1. The Bertz CT molecular complexity index is 406. The number of likely N-dealkylation sites (tertiary alicyclic amines) is 1. The molecule has 2 rings (SSSR count). The summed E-state index contributed by atoms with van der Waals surface area (Å²) in [6.45, 7) is 2.62. The third-order valence-electron chi connectivity index (χ3n) is 3.88. The molecule has 6 N–H and O–H groups in total. The number of carbonyl (C=O) groups is 2. The zero-order valence-electron chi connectivity index (χ0n) is 11.5. The van der Waals surface area contributed by atoms with Gasteiger partial charge in [0.05, 0.1) is 17.0 Å². The maximum Gasteiger partial charge on any atom is 0.242 e. The van der Waals surface area contributed by atoms with Crippen LogP contribution in [0.25, 0.3) is 0 Å². The van der Waals surface area contributed by atoms with Crippen molar-refractivity contribution in [2.45, 2.75) is 42.8 Å². The lowest BCUT2D eigenvalue weighted by atomic mass is 10.0. The fraction of sp³-hybridized carbons (Fsp3) is 0.833. The molecular formula is C12H22N4O3S. The van der Waals surface area contributed by atoms with E-state index in [0.29, 0.717) is 18.8 Å². The highest BCUT2D eigenvalue weighted by atomic mass is 32.2. The molecule has 2 fully saturated rings. The van der Waals surface area contributed by atoms with Crippen molar-refractivity contribution in [3.05, 3.63) is 0 Å². The Balaban J connectivity index is 2.02. The Hall–Kier alpha value is -0.830. The summed E-state index contributed by atoms with van der Waals surface area (Å²) in [6.07, 6.45) is 0.849. The van der Waals surface area contributed by atoms with E-state index in [2.05, 4.69) is 5.32 Å². The number of nitrogens with two attached hydrogens (primary N) is 2. The van der Waals surface area contributed by atoms with Gasteiger partial charge in [0.1, 0.15) is 6.04 Å². The maximum absolute atomic E-state index is 12.2. The molecule has 2 heterocycles. The van der Waals surface area contributed by atoms with E-state index in [1.54, 1.807) is 16.7 Å². The van der Waals surface area contributed by atoms with Crippen LogP contribution < -0.4 is 16.8 Å². The fourth-order valence-corrected chi connectivity index (χ4v) is 4.15. The minimum atomic E-state index is -0.900. The summed E-state index contributed by atoms with van der Waals surface area (Å²) in [5, 5.41) is 12.7. The van der Waals surface area contributed by atoms with Crippen molar-refractivity contribution in [2.75, 3.05) is 18.8 Å². The molecule has 0 bridgehead atoms. The summed E-state index contributed by atoms with van der Waals surface area (Å²) in [4.78, 5) is 24.8. The molecule has 0 aromatic rings. The Morgan fingerprint density at radius 2 is 2.25 bits per heavy atom. The zero-order chi connectivity index (χ0) is 14.9. The van der Waals surface area contributed by atoms with E-state index in [0.717, 1.165) is 12.8 Å². The number of piperidine rings is 1. The summed E-state index contributed by atoms with van der Waals surface area (Å²) in [5.41, 5.74) is 11.0. The quantitative estimate of drug-likeness (QED) is 0.488. The van der Waals surface area contributed by atoms with Crippen LogP contribution in [0.4, 0.5) is 0 Å². The van der Waals surface area contributed by atoms with Crippen LogP contribution in [-0.4, -0.2) is 63.7 Å². The number of hydrogen-bond acceptors (Lipinski definition) is 6. The van der Waals surface area contributed by atoms with Crippen LogP contribution in [0.5, 0.6) is 0 Å². The van der Waals surface area contributed by atoms with Crippen molar-refractivity contribution in [3.8, 4) is 0 Å². The molecule has 1 unspecified atom stereocenters. The Morgan fingerprint density at radius 1 is 1.55 bits per heavy atom. The van der Waals surface area contributed by atoms with Crippen molar-refractivity contribution in [2.24, 2.45) is 11.5 Å². The summed E-state index contributed by atoms with van der Waals surface area (Å²) < 4.78 is 0. The highest BCUT2D eigenvalue weighted by molar-refractivity contribution is 8.01. The molecule has 2 aliphatic heterocycles. The van der Waals surface area contributed by atoms with Gasteiger partial charge < -0.3 is 21.5 Å². The Kier molecular flexibility index (Phi) is 4.58. The van der Waals surface area contributed by atoms with Gasteiger partial charge in [-0.25, -0.2) is 0 Å². The molecule has 0 saturated carbocycles. The second-order valence-electron chi connectivity index (χ2n) is 5.53. The first-order valence-corrected chi connectivity index (χ1v) is 7.76. The largest absolute Gasteiger partial charge is 0.391 e. The van der Waals surface area contributed by atoms with Crippen LogP contribution in [0.2, 0.25) is 0 Å². The number of thioether (sulfide) groups is 1. The lowest BCUT2D eigenvalue weighted by Crippen LogP contribution is -2.60. The van der Waals surface area contributed by atoms with E-state index in [1.165, 1.54) is 6.92 Å². The lowest BCUT2D eigenvalue weighted by Gasteiger charge is -2.41. The SMILES string of the molecule is C[C@@H](O)[C@H](N)C(=O)N1CCCC2(C1)N[C@H](C(N)=O)CS2. The summed E-state index contributed by atoms with van der Waals surface area (Å²) >= 11 is 1.63. The number of hydrogen-bond donors (Lipinski definition) is 4. The van der Waals surface area contributed by atoms with Gasteiger partial charge in [-0.2, -0.15) is 0 Å². The Morgan fingerprint density at radius 3 is 2.80 bits per heavy atom. The van der Waals surface area contributed by atoms with E-state index < -0.39 is 12.1 Å². The average Bonchev–Trinajstić information content (AvgIpc) is 2.81. The smallest absolute Gasteiger partial charge is 0.242 e. The van der Waals surface area contributed by atoms with E-state index in [4.69, 9.17) is 11.5 Å². The average molecular weight is 302 g/mol. The Labute approximate surface area is 122 Å². The molecule has 114 valence electrons. The van der Waals surface area contributed by atoms with E-state index in [9.17, 15) is 14.7 Å². The summed E-state index contributed by atoms with van der Waals surface area (Å²) in [5.74, 6) is 0.0160. The first-order chi connectivity index (χ1) is 9.34. The summed E-state index contributed by atoms with van der Waals surface area (Å²) in [7, 11) is 0. The van der Waals surface area contributed by atoms with Crippen LogP contribution in [0.1, 0.15) is 19.8 Å². The second-order valence-corrected chi connectivity index (χ2v) is 6.94. The first-order valence-electron chi connectivity index (χ1n) is 6.78. The molecule has 0 aromatic carbocycles. The van der Waals surface area contributed by atoms with Gasteiger partial charge in [-0.15, -0.1) is 11.8 Å². The van der Waals surface area contributed by atoms with Crippen LogP contribution in [0, 0.1) is 0 Å². The molecule has 2 saturated heterocycles. The highest BCUT2D eigenvalue weighted by Gasteiger charge is 2.45. The maximum atomic E-state index is 12.2. The summed E-state index contributed by atoms with van der Waals surface area (Å²) in [6, 6.07) is -1.25. The van der Waals surface area contributed by atoms with Gasteiger partial charge in [0.25, 0.3) is 0 Å². The van der Waals surface area contributed by atoms with Crippen molar-refractivity contribution >= 4 is 23.6 Å². The predicted octanol–water partition coefficient (Wildman–Crippen LogP) is -1.80. The van der Waals surface area contributed by atoms with Crippen molar-refractivity contribution in [3.63, 3.8) is 0 Å². The number of amides is 2. The predicted molar refractivity (Wildman–Crippen MR) is 76.8 cm³/mol. The van der Waals surface area contributed by atoms with Crippen LogP contribution >= 0.6 is 11.8 Å². The van der Waals surface area contributed by atoms with E-state index >= 15 is 0 Å².